The van der Waals surface area contributed by atoms with Gasteiger partial charge in [-0.2, -0.15) is 4.68 Å². The van der Waals surface area contributed by atoms with Crippen LogP contribution in [0.15, 0.2) is 24.5 Å². The van der Waals surface area contributed by atoms with Crippen LogP contribution in [-0.4, -0.2) is 45.7 Å². The number of anilines is 1. The van der Waals surface area contributed by atoms with Gasteiger partial charge in [-0.05, 0) is 41.0 Å². The van der Waals surface area contributed by atoms with Crippen LogP contribution in [-0.2, 0) is 9.59 Å². The molecule has 1 fully saturated rings. The summed E-state index contributed by atoms with van der Waals surface area (Å²) < 4.78 is 6.73. The second kappa shape index (κ2) is 7.29. The highest BCUT2D eigenvalue weighted by Crippen LogP contribution is 2.37. The molecule has 9 heteroatoms. The van der Waals surface area contributed by atoms with Gasteiger partial charge in [-0.1, -0.05) is 6.92 Å². The van der Waals surface area contributed by atoms with Crippen molar-refractivity contribution in [1.29, 1.82) is 0 Å². The van der Waals surface area contributed by atoms with Crippen LogP contribution in [0.1, 0.15) is 19.8 Å². The number of hydrogen-bond acceptors (Lipinski definition) is 6. The van der Waals surface area contributed by atoms with Gasteiger partial charge in [0.05, 0.1) is 7.11 Å². The van der Waals surface area contributed by atoms with Crippen LogP contribution in [0.3, 0.4) is 0 Å². The molecule has 0 radical (unpaired) electrons. The van der Waals surface area contributed by atoms with Gasteiger partial charge < -0.3 is 15.4 Å². The molecule has 1 aromatic carbocycles. The third-order valence-corrected chi connectivity index (χ3v) is 4.16. The highest BCUT2D eigenvalue weighted by molar-refractivity contribution is 5.91. The number of carbonyl (C=O) groups is 2. The van der Waals surface area contributed by atoms with E-state index in [-0.39, 0.29) is 24.2 Å². The Hall–Kier alpha value is -2.97. The van der Waals surface area contributed by atoms with Gasteiger partial charge in [0.2, 0.25) is 11.8 Å². The standard InChI is InChI=1S/C16H20N6O3/c1-10-7-12(10)16(24)17-6-5-15(23)19-11-3-4-14(25-2)13(8-11)22-9-18-20-21-22/h3-4,8-10,12H,5-7H2,1-2H3,(H,17,24)(H,19,23)/t10-,12+/m1/s1. The monoisotopic (exact) mass is 344 g/mol. The van der Waals surface area contributed by atoms with Crippen molar-refractivity contribution in [2.45, 2.75) is 19.8 Å². The smallest absolute Gasteiger partial charge is 0.226 e. The summed E-state index contributed by atoms with van der Waals surface area (Å²) in [5, 5.41) is 16.6. The van der Waals surface area contributed by atoms with E-state index in [1.54, 1.807) is 25.3 Å². The quantitative estimate of drug-likeness (QED) is 0.767. The number of ether oxygens (including phenoxy) is 1. The molecule has 2 atom stereocenters. The van der Waals surface area contributed by atoms with Gasteiger partial charge in [-0.25, -0.2) is 0 Å². The average Bonchev–Trinajstić information content (AvgIpc) is 3.10. The summed E-state index contributed by atoms with van der Waals surface area (Å²) in [6, 6.07) is 5.18. The van der Waals surface area contributed by atoms with E-state index in [1.165, 1.54) is 11.0 Å². The van der Waals surface area contributed by atoms with Crippen LogP contribution in [0.25, 0.3) is 5.69 Å². The number of aromatic nitrogens is 4. The molecule has 2 amide bonds. The van der Waals surface area contributed by atoms with Crippen LogP contribution in [0, 0.1) is 11.8 Å². The topological polar surface area (TPSA) is 111 Å². The fraction of sp³-hybridized carbons (Fsp3) is 0.438. The first-order valence-corrected chi connectivity index (χ1v) is 8.07. The van der Waals surface area contributed by atoms with Crippen LogP contribution < -0.4 is 15.4 Å². The van der Waals surface area contributed by atoms with Crippen molar-refractivity contribution in [3.8, 4) is 11.4 Å². The zero-order valence-corrected chi connectivity index (χ0v) is 14.1. The Morgan fingerprint density at radius 3 is 2.84 bits per heavy atom. The highest BCUT2D eigenvalue weighted by atomic mass is 16.5. The summed E-state index contributed by atoms with van der Waals surface area (Å²) in [5.74, 6) is 1.00. The van der Waals surface area contributed by atoms with Gasteiger partial charge in [0, 0.05) is 24.6 Å². The maximum Gasteiger partial charge on any atom is 0.226 e. The third kappa shape index (κ3) is 4.11. The van der Waals surface area contributed by atoms with Gasteiger partial charge in [0.25, 0.3) is 0 Å². The van der Waals surface area contributed by atoms with E-state index in [0.29, 0.717) is 29.6 Å². The lowest BCUT2D eigenvalue weighted by atomic mass is 10.2. The van der Waals surface area contributed by atoms with E-state index in [2.05, 4.69) is 26.2 Å². The highest BCUT2D eigenvalue weighted by Gasteiger charge is 2.38. The fourth-order valence-electron chi connectivity index (χ4n) is 2.56. The van der Waals surface area contributed by atoms with E-state index < -0.39 is 0 Å². The molecule has 0 aliphatic heterocycles. The Kier molecular flexibility index (Phi) is 4.92. The van der Waals surface area contributed by atoms with E-state index in [4.69, 9.17) is 4.74 Å². The summed E-state index contributed by atoms with van der Waals surface area (Å²) >= 11 is 0. The lowest BCUT2D eigenvalue weighted by Gasteiger charge is -2.11. The summed E-state index contributed by atoms with van der Waals surface area (Å²) in [6.45, 7) is 2.37. The summed E-state index contributed by atoms with van der Waals surface area (Å²) in [4.78, 5) is 23.8. The molecule has 9 nitrogen and oxygen atoms in total. The van der Waals surface area contributed by atoms with Crippen LogP contribution in [0.5, 0.6) is 5.75 Å². The number of rotatable bonds is 7. The number of benzene rings is 1. The predicted octanol–water partition coefficient (Wildman–Crippen LogP) is 0.772. The van der Waals surface area contributed by atoms with Crippen molar-refractivity contribution >= 4 is 17.5 Å². The Morgan fingerprint density at radius 1 is 1.40 bits per heavy atom. The first-order valence-electron chi connectivity index (χ1n) is 8.07. The summed E-state index contributed by atoms with van der Waals surface area (Å²) in [7, 11) is 1.55. The molecule has 132 valence electrons. The van der Waals surface area contributed by atoms with Gasteiger partial charge in [0.15, 0.2) is 0 Å². The minimum Gasteiger partial charge on any atom is -0.494 e. The number of methoxy groups -OCH3 is 1. The number of hydrogen-bond donors (Lipinski definition) is 2. The number of nitrogens with zero attached hydrogens (tertiary/aromatic N) is 4. The largest absolute Gasteiger partial charge is 0.494 e. The molecule has 1 aliphatic carbocycles. The Morgan fingerprint density at radius 2 is 2.20 bits per heavy atom. The first kappa shape index (κ1) is 16.9. The molecule has 0 bridgehead atoms. The van der Waals surface area contributed by atoms with Crippen molar-refractivity contribution in [3.63, 3.8) is 0 Å². The van der Waals surface area contributed by atoms with Gasteiger partial charge in [-0.15, -0.1) is 5.10 Å². The summed E-state index contributed by atoms with van der Waals surface area (Å²) in [5.41, 5.74) is 1.21. The van der Waals surface area contributed by atoms with Crippen molar-refractivity contribution in [2.75, 3.05) is 19.0 Å². The molecule has 1 aromatic heterocycles. The minimum absolute atomic E-state index is 0.0331. The molecular formula is C16H20N6O3. The van der Waals surface area contributed by atoms with Crippen molar-refractivity contribution in [1.82, 2.24) is 25.5 Å². The maximum atomic E-state index is 12.1. The van der Waals surface area contributed by atoms with Gasteiger partial charge in [-0.3, -0.25) is 9.59 Å². The normalized spacial score (nSPS) is 18.5. The molecule has 1 heterocycles. The van der Waals surface area contributed by atoms with Crippen molar-refractivity contribution in [3.05, 3.63) is 24.5 Å². The van der Waals surface area contributed by atoms with Crippen LogP contribution in [0.2, 0.25) is 0 Å². The van der Waals surface area contributed by atoms with E-state index in [9.17, 15) is 9.59 Å². The Balaban J connectivity index is 1.56. The zero-order valence-electron chi connectivity index (χ0n) is 14.1. The van der Waals surface area contributed by atoms with Crippen LogP contribution >= 0.6 is 0 Å². The summed E-state index contributed by atoms with van der Waals surface area (Å²) in [6.07, 6.45) is 2.58. The fourth-order valence-corrected chi connectivity index (χ4v) is 2.56. The van der Waals surface area contributed by atoms with E-state index >= 15 is 0 Å². The number of tetrazole rings is 1. The number of carbonyl (C=O) groups excluding carboxylic acids is 2. The molecule has 0 unspecified atom stereocenters. The Labute approximate surface area is 144 Å². The molecule has 0 saturated heterocycles. The molecule has 2 N–H and O–H groups in total. The van der Waals surface area contributed by atoms with E-state index in [1.807, 2.05) is 6.92 Å². The van der Waals surface area contributed by atoms with Crippen LogP contribution in [0.4, 0.5) is 5.69 Å². The number of nitrogens with one attached hydrogen (secondary N) is 2. The SMILES string of the molecule is COc1ccc(NC(=O)CCNC(=O)[C@H]2C[C@H]2C)cc1-n1cnnn1. The third-order valence-electron chi connectivity index (χ3n) is 4.16. The Bertz CT molecular complexity index is 761. The molecular weight excluding hydrogens is 324 g/mol. The second-order valence-corrected chi connectivity index (χ2v) is 6.05. The van der Waals surface area contributed by atoms with Crippen molar-refractivity contribution in [2.24, 2.45) is 11.8 Å². The first-order chi connectivity index (χ1) is 12.1. The van der Waals surface area contributed by atoms with E-state index in [0.717, 1.165) is 6.42 Å². The van der Waals surface area contributed by atoms with Gasteiger partial charge >= 0.3 is 0 Å². The molecule has 1 aliphatic rings. The molecule has 3 rings (SSSR count). The minimum atomic E-state index is -0.183. The van der Waals surface area contributed by atoms with Crippen molar-refractivity contribution < 1.29 is 14.3 Å². The molecule has 2 aromatic rings. The lowest BCUT2D eigenvalue weighted by Crippen LogP contribution is -2.29. The predicted molar refractivity (Wildman–Crippen MR) is 89.2 cm³/mol. The average molecular weight is 344 g/mol. The molecule has 25 heavy (non-hydrogen) atoms. The second-order valence-electron chi connectivity index (χ2n) is 6.05. The lowest BCUT2D eigenvalue weighted by molar-refractivity contribution is -0.122. The molecule has 0 spiro atoms. The maximum absolute atomic E-state index is 12.1. The number of amides is 2. The van der Waals surface area contributed by atoms with Gasteiger partial charge in [0.1, 0.15) is 17.8 Å². The zero-order chi connectivity index (χ0) is 17.8. The molecule has 1 saturated carbocycles.